The van der Waals surface area contributed by atoms with E-state index in [4.69, 9.17) is 5.73 Å². The number of carbonyl (C=O) groups excluding carboxylic acids is 1. The maximum Gasteiger partial charge on any atom is 0.237 e. The minimum atomic E-state index is -0.529. The second-order valence-electron chi connectivity index (χ2n) is 5.52. The molecule has 118 valence electrons. The molecule has 2 atom stereocenters. The Hall–Kier alpha value is -1.39. The lowest BCUT2D eigenvalue weighted by Gasteiger charge is -2.21. The Morgan fingerprint density at radius 1 is 1.24 bits per heavy atom. The van der Waals surface area contributed by atoms with E-state index in [1.54, 1.807) is 0 Å². The number of aliphatic hydroxyl groups is 1. The van der Waals surface area contributed by atoms with E-state index in [9.17, 15) is 9.90 Å². The Kier molecular flexibility index (Phi) is 8.01. The van der Waals surface area contributed by atoms with Crippen LogP contribution >= 0.6 is 0 Å². The standard InChI is InChI=1S/C17H28N2O2/c1-3-14(4-2)16(20)12-19-17(21)15(18)11-10-13-8-6-5-7-9-13/h5-9,14-16,20H,3-4,10-12,18H2,1-2H3,(H,19,21). The third-order valence-corrected chi connectivity index (χ3v) is 4.00. The maximum absolute atomic E-state index is 11.9. The Morgan fingerprint density at radius 3 is 2.43 bits per heavy atom. The molecule has 2 unspecified atom stereocenters. The summed E-state index contributed by atoms with van der Waals surface area (Å²) in [6, 6.07) is 9.46. The second-order valence-corrected chi connectivity index (χ2v) is 5.52. The minimum Gasteiger partial charge on any atom is -0.391 e. The Labute approximate surface area is 127 Å². The van der Waals surface area contributed by atoms with Gasteiger partial charge in [0.05, 0.1) is 12.1 Å². The van der Waals surface area contributed by atoms with Gasteiger partial charge in [-0.25, -0.2) is 0 Å². The second kappa shape index (κ2) is 9.53. The molecular formula is C17H28N2O2. The molecule has 4 nitrogen and oxygen atoms in total. The fourth-order valence-corrected chi connectivity index (χ4v) is 2.43. The SMILES string of the molecule is CCC(CC)C(O)CNC(=O)C(N)CCc1ccccc1. The number of amides is 1. The lowest BCUT2D eigenvalue weighted by molar-refractivity contribution is -0.123. The first-order valence-electron chi connectivity index (χ1n) is 7.83. The smallest absolute Gasteiger partial charge is 0.237 e. The van der Waals surface area contributed by atoms with Gasteiger partial charge in [0, 0.05) is 6.54 Å². The molecule has 0 fully saturated rings. The highest BCUT2D eigenvalue weighted by atomic mass is 16.3. The van der Waals surface area contributed by atoms with Crippen molar-refractivity contribution in [3.05, 3.63) is 35.9 Å². The number of aliphatic hydroxyl groups excluding tert-OH is 1. The summed E-state index contributed by atoms with van der Waals surface area (Å²) in [5, 5.41) is 12.7. The van der Waals surface area contributed by atoms with Gasteiger partial charge < -0.3 is 16.2 Å². The molecule has 4 heteroatoms. The molecule has 1 aromatic carbocycles. The summed E-state index contributed by atoms with van der Waals surface area (Å²) in [6.07, 6.45) is 2.72. The number of aryl methyl sites for hydroxylation is 1. The molecule has 1 amide bonds. The van der Waals surface area contributed by atoms with E-state index < -0.39 is 12.1 Å². The van der Waals surface area contributed by atoms with Crippen LogP contribution < -0.4 is 11.1 Å². The molecule has 0 spiro atoms. The average Bonchev–Trinajstić information content (AvgIpc) is 2.52. The average molecular weight is 292 g/mol. The minimum absolute atomic E-state index is 0.184. The molecule has 0 aromatic heterocycles. The van der Waals surface area contributed by atoms with Crippen LogP contribution in [0.5, 0.6) is 0 Å². The van der Waals surface area contributed by atoms with Gasteiger partial charge in [0.15, 0.2) is 0 Å². The van der Waals surface area contributed by atoms with E-state index in [0.717, 1.165) is 19.3 Å². The molecular weight excluding hydrogens is 264 g/mol. The van der Waals surface area contributed by atoms with Gasteiger partial charge in [0.25, 0.3) is 0 Å². The quantitative estimate of drug-likeness (QED) is 0.650. The monoisotopic (exact) mass is 292 g/mol. The summed E-state index contributed by atoms with van der Waals surface area (Å²) in [5.41, 5.74) is 7.08. The number of nitrogens with one attached hydrogen (secondary N) is 1. The zero-order valence-electron chi connectivity index (χ0n) is 13.1. The lowest BCUT2D eigenvalue weighted by Crippen LogP contribution is -2.44. The first kappa shape index (κ1) is 17.7. The van der Waals surface area contributed by atoms with Crippen molar-refractivity contribution < 1.29 is 9.90 Å². The van der Waals surface area contributed by atoms with Crippen molar-refractivity contribution in [1.82, 2.24) is 5.32 Å². The van der Waals surface area contributed by atoms with Crippen molar-refractivity contribution in [2.75, 3.05) is 6.54 Å². The van der Waals surface area contributed by atoms with Crippen LogP contribution in [-0.2, 0) is 11.2 Å². The highest BCUT2D eigenvalue weighted by Crippen LogP contribution is 2.12. The van der Waals surface area contributed by atoms with Gasteiger partial charge in [0.1, 0.15) is 0 Å². The third-order valence-electron chi connectivity index (χ3n) is 4.00. The first-order valence-corrected chi connectivity index (χ1v) is 7.83. The Balaban J connectivity index is 2.31. The van der Waals surface area contributed by atoms with Gasteiger partial charge in [-0.1, -0.05) is 57.0 Å². The van der Waals surface area contributed by atoms with Gasteiger partial charge in [0.2, 0.25) is 5.91 Å². The van der Waals surface area contributed by atoms with Crippen LogP contribution in [0.15, 0.2) is 30.3 Å². The fraction of sp³-hybridized carbons (Fsp3) is 0.588. The number of carbonyl (C=O) groups is 1. The van der Waals surface area contributed by atoms with Crippen molar-refractivity contribution in [3.63, 3.8) is 0 Å². The summed E-state index contributed by atoms with van der Waals surface area (Å²) < 4.78 is 0. The van der Waals surface area contributed by atoms with E-state index in [0.29, 0.717) is 6.42 Å². The fourth-order valence-electron chi connectivity index (χ4n) is 2.43. The van der Waals surface area contributed by atoms with E-state index in [1.165, 1.54) is 5.56 Å². The zero-order chi connectivity index (χ0) is 15.7. The van der Waals surface area contributed by atoms with Gasteiger partial charge >= 0.3 is 0 Å². The zero-order valence-corrected chi connectivity index (χ0v) is 13.1. The molecule has 0 saturated heterocycles. The summed E-state index contributed by atoms with van der Waals surface area (Å²) in [5.74, 6) is 0.0433. The van der Waals surface area contributed by atoms with Crippen LogP contribution in [0.25, 0.3) is 0 Å². The first-order chi connectivity index (χ1) is 10.1. The maximum atomic E-state index is 11.9. The van der Waals surface area contributed by atoms with E-state index >= 15 is 0 Å². The van der Waals surface area contributed by atoms with Gasteiger partial charge in [-0.15, -0.1) is 0 Å². The van der Waals surface area contributed by atoms with Crippen LogP contribution in [-0.4, -0.2) is 29.7 Å². The van der Waals surface area contributed by atoms with Crippen molar-refractivity contribution in [2.24, 2.45) is 11.7 Å². The topological polar surface area (TPSA) is 75.3 Å². The molecule has 1 aromatic rings. The number of rotatable bonds is 9. The van der Waals surface area contributed by atoms with Crippen molar-refractivity contribution in [2.45, 2.75) is 51.7 Å². The lowest BCUT2D eigenvalue weighted by atomic mass is 9.96. The normalized spacial score (nSPS) is 14.0. The predicted molar refractivity (Wildman–Crippen MR) is 85.8 cm³/mol. The van der Waals surface area contributed by atoms with Crippen LogP contribution in [0, 0.1) is 5.92 Å². The molecule has 0 saturated carbocycles. The summed E-state index contributed by atoms with van der Waals surface area (Å²) in [4.78, 5) is 11.9. The van der Waals surface area contributed by atoms with Gasteiger partial charge in [-0.05, 0) is 24.3 Å². The molecule has 0 radical (unpaired) electrons. The predicted octanol–water partition coefficient (Wildman–Crippen LogP) is 1.86. The van der Waals surface area contributed by atoms with E-state index in [-0.39, 0.29) is 18.4 Å². The molecule has 4 N–H and O–H groups in total. The Morgan fingerprint density at radius 2 is 1.86 bits per heavy atom. The molecule has 0 heterocycles. The summed E-state index contributed by atoms with van der Waals surface area (Å²) >= 11 is 0. The molecule has 0 aliphatic carbocycles. The van der Waals surface area contributed by atoms with E-state index in [1.807, 2.05) is 44.2 Å². The highest BCUT2D eigenvalue weighted by Gasteiger charge is 2.18. The van der Waals surface area contributed by atoms with Crippen LogP contribution in [0.1, 0.15) is 38.7 Å². The van der Waals surface area contributed by atoms with Crippen molar-refractivity contribution in [3.8, 4) is 0 Å². The van der Waals surface area contributed by atoms with Crippen molar-refractivity contribution in [1.29, 1.82) is 0 Å². The molecule has 0 bridgehead atoms. The largest absolute Gasteiger partial charge is 0.391 e. The number of benzene rings is 1. The third kappa shape index (κ3) is 6.27. The summed E-state index contributed by atoms with van der Waals surface area (Å²) in [6.45, 7) is 4.37. The number of hydrogen-bond acceptors (Lipinski definition) is 3. The Bertz CT molecular complexity index is 405. The molecule has 0 aliphatic heterocycles. The highest BCUT2D eigenvalue weighted by molar-refractivity contribution is 5.81. The van der Waals surface area contributed by atoms with Crippen LogP contribution in [0.2, 0.25) is 0 Å². The summed E-state index contributed by atoms with van der Waals surface area (Å²) in [7, 11) is 0. The molecule has 0 aliphatic rings. The molecule has 21 heavy (non-hydrogen) atoms. The molecule has 1 rings (SSSR count). The van der Waals surface area contributed by atoms with Gasteiger partial charge in [-0.2, -0.15) is 0 Å². The van der Waals surface area contributed by atoms with E-state index in [2.05, 4.69) is 5.32 Å². The number of nitrogens with two attached hydrogens (primary N) is 1. The van der Waals surface area contributed by atoms with Crippen molar-refractivity contribution >= 4 is 5.91 Å². The van der Waals surface area contributed by atoms with Crippen LogP contribution in [0.3, 0.4) is 0 Å². The number of hydrogen-bond donors (Lipinski definition) is 3. The van der Waals surface area contributed by atoms with Gasteiger partial charge in [-0.3, -0.25) is 4.79 Å². The van der Waals surface area contributed by atoms with Crippen LogP contribution in [0.4, 0.5) is 0 Å².